The average molecular weight is 149 g/mol. The fourth-order valence-corrected chi connectivity index (χ4v) is 0.805. The van der Waals surface area contributed by atoms with Gasteiger partial charge in [0.1, 0.15) is 0 Å². The fraction of sp³-hybridized carbons (Fsp3) is 0.300. The number of nitrogens with zero attached hydrogens (tertiary/aromatic N) is 1. The number of allylic oxidation sites excluding steroid dienone is 4. The van der Waals surface area contributed by atoms with Crippen LogP contribution in [0.1, 0.15) is 20.8 Å². The zero-order chi connectivity index (χ0) is 8.69. The second kappa shape index (κ2) is 5.66. The van der Waals surface area contributed by atoms with E-state index in [4.69, 9.17) is 0 Å². The molecule has 0 saturated carbocycles. The van der Waals surface area contributed by atoms with Crippen molar-refractivity contribution in [3.05, 3.63) is 36.1 Å². The quantitative estimate of drug-likeness (QED) is 0.432. The summed E-state index contributed by atoms with van der Waals surface area (Å²) in [7, 11) is 0. The summed E-state index contributed by atoms with van der Waals surface area (Å²) in [6.07, 6.45) is 7.48. The molecule has 0 aromatic rings. The average Bonchev–Trinajstić information content (AvgIpc) is 2.00. The highest BCUT2D eigenvalue weighted by atomic mass is 14.7. The van der Waals surface area contributed by atoms with Crippen LogP contribution in [0.25, 0.3) is 0 Å². The van der Waals surface area contributed by atoms with Crippen LogP contribution in [-0.4, -0.2) is 6.21 Å². The molecule has 0 rings (SSSR count). The van der Waals surface area contributed by atoms with Gasteiger partial charge in [-0.2, -0.15) is 0 Å². The highest BCUT2D eigenvalue weighted by Crippen LogP contribution is 2.09. The van der Waals surface area contributed by atoms with Crippen LogP contribution in [0.5, 0.6) is 0 Å². The van der Waals surface area contributed by atoms with Gasteiger partial charge in [0, 0.05) is 6.21 Å². The third-order valence-electron chi connectivity index (χ3n) is 1.31. The van der Waals surface area contributed by atoms with Crippen LogP contribution in [0.15, 0.2) is 41.1 Å². The molecule has 0 bridgehead atoms. The fourth-order valence-electron chi connectivity index (χ4n) is 0.805. The minimum Gasteiger partial charge on any atom is -0.262 e. The van der Waals surface area contributed by atoms with Gasteiger partial charge in [-0.1, -0.05) is 24.8 Å². The predicted molar refractivity (Wildman–Crippen MR) is 51.9 cm³/mol. The molecule has 0 unspecified atom stereocenters. The molecular weight excluding hydrogens is 134 g/mol. The van der Waals surface area contributed by atoms with Crippen LogP contribution in [-0.2, 0) is 0 Å². The minimum atomic E-state index is 1.01. The highest BCUT2D eigenvalue weighted by molar-refractivity contribution is 5.57. The summed E-state index contributed by atoms with van der Waals surface area (Å²) in [5.74, 6) is 0. The first-order valence-electron chi connectivity index (χ1n) is 3.71. The molecule has 0 aliphatic rings. The summed E-state index contributed by atoms with van der Waals surface area (Å²) < 4.78 is 0. The van der Waals surface area contributed by atoms with Crippen LogP contribution in [0, 0.1) is 0 Å². The van der Waals surface area contributed by atoms with Crippen molar-refractivity contribution in [2.75, 3.05) is 0 Å². The largest absolute Gasteiger partial charge is 0.262 e. The lowest BCUT2D eigenvalue weighted by atomic mass is 10.2. The van der Waals surface area contributed by atoms with Gasteiger partial charge in [-0.15, -0.1) is 0 Å². The van der Waals surface area contributed by atoms with Crippen molar-refractivity contribution >= 4 is 6.21 Å². The minimum absolute atomic E-state index is 1.01. The van der Waals surface area contributed by atoms with E-state index in [1.165, 1.54) is 0 Å². The Morgan fingerprint density at radius 2 is 2.00 bits per heavy atom. The Morgan fingerprint density at radius 3 is 2.36 bits per heavy atom. The normalized spacial score (nSPS) is 14.1. The first-order chi connectivity index (χ1) is 5.26. The molecule has 0 aromatic carbocycles. The van der Waals surface area contributed by atoms with Gasteiger partial charge in [0.25, 0.3) is 0 Å². The summed E-state index contributed by atoms with van der Waals surface area (Å²) in [4.78, 5) is 4.18. The van der Waals surface area contributed by atoms with E-state index < -0.39 is 0 Å². The molecule has 0 heterocycles. The molecule has 0 radical (unpaired) electrons. The molecule has 0 amide bonds. The van der Waals surface area contributed by atoms with Crippen molar-refractivity contribution in [1.82, 2.24) is 0 Å². The van der Waals surface area contributed by atoms with Crippen LogP contribution < -0.4 is 0 Å². The molecule has 0 atom stereocenters. The Bertz CT molecular complexity index is 207. The molecule has 0 fully saturated rings. The van der Waals surface area contributed by atoms with Crippen molar-refractivity contribution in [2.45, 2.75) is 20.8 Å². The summed E-state index contributed by atoms with van der Waals surface area (Å²) in [5.41, 5.74) is 2.15. The number of hydrogen-bond acceptors (Lipinski definition) is 1. The maximum atomic E-state index is 4.18. The standard InChI is InChI=1S/C10H15N/c1-5-8-9(4)10(6-2)11-7-3/h5-8H,1H2,2-4H3/b9-8-,10-6+,11-7?. The van der Waals surface area contributed by atoms with Gasteiger partial charge in [-0.05, 0) is 26.3 Å². The number of rotatable bonds is 3. The molecule has 0 aliphatic heterocycles. The van der Waals surface area contributed by atoms with Crippen LogP contribution in [0.3, 0.4) is 0 Å². The maximum Gasteiger partial charge on any atom is 0.0612 e. The van der Waals surface area contributed by atoms with Crippen molar-refractivity contribution in [2.24, 2.45) is 4.99 Å². The summed E-state index contributed by atoms with van der Waals surface area (Å²) in [6, 6.07) is 0. The maximum absolute atomic E-state index is 4.18. The van der Waals surface area contributed by atoms with Gasteiger partial charge in [-0.25, -0.2) is 0 Å². The van der Waals surface area contributed by atoms with Gasteiger partial charge < -0.3 is 0 Å². The molecule has 60 valence electrons. The summed E-state index contributed by atoms with van der Waals surface area (Å²) >= 11 is 0. The molecule has 11 heavy (non-hydrogen) atoms. The zero-order valence-corrected chi connectivity index (χ0v) is 7.46. The smallest absolute Gasteiger partial charge is 0.0612 e. The lowest BCUT2D eigenvalue weighted by Gasteiger charge is -1.97. The van der Waals surface area contributed by atoms with Gasteiger partial charge >= 0.3 is 0 Å². The van der Waals surface area contributed by atoms with Crippen molar-refractivity contribution in [1.29, 1.82) is 0 Å². The Hall–Kier alpha value is -1.11. The third-order valence-corrected chi connectivity index (χ3v) is 1.31. The molecule has 0 aromatic heterocycles. The topological polar surface area (TPSA) is 12.4 Å². The third kappa shape index (κ3) is 3.56. The molecule has 0 spiro atoms. The van der Waals surface area contributed by atoms with E-state index in [1.807, 2.05) is 32.9 Å². The van der Waals surface area contributed by atoms with Crippen molar-refractivity contribution in [3.63, 3.8) is 0 Å². The molecule has 0 saturated heterocycles. The van der Waals surface area contributed by atoms with Gasteiger partial charge in [0.2, 0.25) is 0 Å². The first kappa shape index (κ1) is 9.89. The van der Waals surface area contributed by atoms with Crippen molar-refractivity contribution in [3.8, 4) is 0 Å². The Kier molecular flexibility index (Phi) is 5.09. The van der Waals surface area contributed by atoms with E-state index in [0.717, 1.165) is 11.3 Å². The molecular formula is C10H15N. The molecule has 0 aliphatic carbocycles. The second-order valence-corrected chi connectivity index (χ2v) is 2.15. The van der Waals surface area contributed by atoms with Crippen molar-refractivity contribution < 1.29 is 0 Å². The first-order valence-corrected chi connectivity index (χ1v) is 3.71. The van der Waals surface area contributed by atoms with E-state index in [9.17, 15) is 0 Å². The zero-order valence-electron chi connectivity index (χ0n) is 7.46. The molecule has 0 N–H and O–H groups in total. The Labute approximate surface area is 68.9 Å². The van der Waals surface area contributed by atoms with Crippen LogP contribution in [0.2, 0.25) is 0 Å². The van der Waals surface area contributed by atoms with Crippen LogP contribution in [0.4, 0.5) is 0 Å². The lowest BCUT2D eigenvalue weighted by molar-refractivity contribution is 1.27. The number of aliphatic imine (C=N–C) groups is 1. The second-order valence-electron chi connectivity index (χ2n) is 2.15. The van der Waals surface area contributed by atoms with Gasteiger partial charge in [-0.3, -0.25) is 4.99 Å². The molecule has 1 heteroatoms. The summed E-state index contributed by atoms with van der Waals surface area (Å²) in [5, 5.41) is 0. The Balaban J connectivity index is 4.52. The molecule has 1 nitrogen and oxygen atoms in total. The highest BCUT2D eigenvalue weighted by Gasteiger charge is 1.91. The van der Waals surface area contributed by atoms with Crippen LogP contribution >= 0.6 is 0 Å². The summed E-state index contributed by atoms with van der Waals surface area (Å²) in [6.45, 7) is 9.52. The Morgan fingerprint density at radius 1 is 1.36 bits per heavy atom. The van der Waals surface area contributed by atoms with E-state index in [-0.39, 0.29) is 0 Å². The van der Waals surface area contributed by atoms with Gasteiger partial charge in [0.05, 0.1) is 5.70 Å². The predicted octanol–water partition coefficient (Wildman–Crippen LogP) is 3.11. The lowest BCUT2D eigenvalue weighted by Crippen LogP contribution is -1.80. The van der Waals surface area contributed by atoms with E-state index in [1.54, 1.807) is 12.3 Å². The van der Waals surface area contributed by atoms with E-state index in [2.05, 4.69) is 11.6 Å². The monoisotopic (exact) mass is 149 g/mol. The van der Waals surface area contributed by atoms with E-state index in [0.29, 0.717) is 0 Å². The van der Waals surface area contributed by atoms with E-state index >= 15 is 0 Å². The SMILES string of the molecule is C=C/C=C(C)\C(=C/C)N=CC. The number of hydrogen-bond donors (Lipinski definition) is 0. The van der Waals surface area contributed by atoms with Gasteiger partial charge in [0.15, 0.2) is 0 Å².